The molecule has 1 aliphatic heterocycles. The Hall–Kier alpha value is -3.07. The van der Waals surface area contributed by atoms with Crippen LogP contribution in [0.4, 0.5) is 4.39 Å². The molecule has 0 spiro atoms. The minimum atomic E-state index is -3.71. The molecule has 1 saturated heterocycles. The number of nitrogens with zero attached hydrogens (tertiary/aromatic N) is 2. The summed E-state index contributed by atoms with van der Waals surface area (Å²) < 4.78 is 40.5. The Balaban J connectivity index is 1.40. The largest absolute Gasteiger partial charge is 0.344 e. The number of hydrogen-bond donors (Lipinski definition) is 1. The van der Waals surface area contributed by atoms with Gasteiger partial charge in [-0.3, -0.25) is 9.69 Å². The number of carbonyl (C=O) groups excluding carboxylic acids is 1. The summed E-state index contributed by atoms with van der Waals surface area (Å²) >= 11 is 0. The molecule has 4 rings (SSSR count). The van der Waals surface area contributed by atoms with Crippen LogP contribution in [0.5, 0.6) is 0 Å². The zero-order chi connectivity index (χ0) is 24.0. The molecule has 1 N–H and O–H groups in total. The van der Waals surface area contributed by atoms with Crippen LogP contribution in [0, 0.1) is 5.82 Å². The van der Waals surface area contributed by atoms with Crippen LogP contribution < -0.4 is 5.32 Å². The van der Waals surface area contributed by atoms with Crippen molar-refractivity contribution in [2.24, 2.45) is 0 Å². The first-order valence-corrected chi connectivity index (χ1v) is 12.7. The van der Waals surface area contributed by atoms with Crippen molar-refractivity contribution < 1.29 is 17.6 Å². The van der Waals surface area contributed by atoms with E-state index in [4.69, 9.17) is 0 Å². The van der Waals surface area contributed by atoms with Gasteiger partial charge in [-0.1, -0.05) is 60.7 Å². The minimum absolute atomic E-state index is 0.0775. The molecule has 1 amide bonds. The van der Waals surface area contributed by atoms with Crippen molar-refractivity contribution in [3.05, 3.63) is 102 Å². The number of amides is 1. The lowest BCUT2D eigenvalue weighted by molar-refractivity contribution is -0.122. The van der Waals surface area contributed by atoms with E-state index in [1.807, 2.05) is 65.6 Å². The maximum atomic E-state index is 13.2. The lowest BCUT2D eigenvalue weighted by Gasteiger charge is -2.24. The number of sulfonamides is 1. The number of halogens is 1. The summed E-state index contributed by atoms with van der Waals surface area (Å²) in [4.78, 5) is 15.0. The van der Waals surface area contributed by atoms with Crippen LogP contribution in [0.3, 0.4) is 0 Å². The van der Waals surface area contributed by atoms with Crippen LogP contribution in [0.1, 0.15) is 23.6 Å². The predicted molar refractivity (Wildman–Crippen MR) is 129 cm³/mol. The minimum Gasteiger partial charge on any atom is -0.344 e. The third kappa shape index (κ3) is 5.88. The normalized spacial score (nSPS) is 15.7. The Morgan fingerprint density at radius 3 is 2.00 bits per heavy atom. The maximum Gasteiger partial charge on any atom is 0.243 e. The van der Waals surface area contributed by atoms with Gasteiger partial charge < -0.3 is 5.32 Å². The van der Waals surface area contributed by atoms with E-state index >= 15 is 0 Å². The molecule has 0 unspecified atom stereocenters. The first-order chi connectivity index (χ1) is 16.4. The fourth-order valence-corrected chi connectivity index (χ4v) is 5.63. The van der Waals surface area contributed by atoms with E-state index in [1.54, 1.807) is 0 Å². The lowest BCUT2D eigenvalue weighted by atomic mass is 9.99. The quantitative estimate of drug-likeness (QED) is 0.562. The summed E-state index contributed by atoms with van der Waals surface area (Å²) in [7, 11) is -3.71. The van der Waals surface area contributed by atoms with Gasteiger partial charge in [-0.05, 0) is 48.4 Å². The molecule has 0 atom stereocenters. The van der Waals surface area contributed by atoms with Crippen LogP contribution in [0.25, 0.3) is 0 Å². The Labute approximate surface area is 200 Å². The predicted octanol–water partition coefficient (Wildman–Crippen LogP) is 3.43. The number of benzene rings is 3. The van der Waals surface area contributed by atoms with Gasteiger partial charge >= 0.3 is 0 Å². The standard InChI is InChI=1S/C26H28FN3O3S/c27-23-12-14-24(15-13-23)34(32,33)30-17-7-16-29(18-19-30)20-25(31)28-26(21-8-3-1-4-9-21)22-10-5-2-6-11-22/h1-6,8-15,26H,7,16-20H2,(H,28,31). The molecule has 1 aliphatic rings. The fourth-order valence-electron chi connectivity index (χ4n) is 4.16. The second kappa shape index (κ2) is 10.9. The number of nitrogens with one attached hydrogen (secondary N) is 1. The molecule has 0 bridgehead atoms. The first-order valence-electron chi connectivity index (χ1n) is 11.3. The van der Waals surface area contributed by atoms with Crippen molar-refractivity contribution in [1.29, 1.82) is 0 Å². The molecule has 3 aromatic carbocycles. The Bertz CT molecular complexity index is 1150. The van der Waals surface area contributed by atoms with Crippen LogP contribution in [0.2, 0.25) is 0 Å². The SMILES string of the molecule is O=C(CN1CCCN(S(=O)(=O)c2ccc(F)cc2)CC1)NC(c1ccccc1)c1ccccc1. The van der Waals surface area contributed by atoms with Gasteiger partial charge in [0, 0.05) is 19.6 Å². The topological polar surface area (TPSA) is 69.7 Å². The van der Waals surface area contributed by atoms with Crippen LogP contribution >= 0.6 is 0 Å². The highest BCUT2D eigenvalue weighted by molar-refractivity contribution is 7.89. The van der Waals surface area contributed by atoms with E-state index in [9.17, 15) is 17.6 Å². The second-order valence-electron chi connectivity index (χ2n) is 8.31. The molecule has 0 radical (unpaired) electrons. The summed E-state index contributed by atoms with van der Waals surface area (Å²) in [5.74, 6) is -0.594. The molecule has 178 valence electrons. The average Bonchev–Trinajstić information content (AvgIpc) is 3.10. The van der Waals surface area contributed by atoms with E-state index < -0.39 is 15.8 Å². The molecule has 8 heteroatoms. The third-order valence-electron chi connectivity index (χ3n) is 5.94. The average molecular weight is 482 g/mol. The van der Waals surface area contributed by atoms with Crippen LogP contribution in [-0.2, 0) is 14.8 Å². The van der Waals surface area contributed by atoms with Crippen molar-refractivity contribution in [2.45, 2.75) is 17.4 Å². The third-order valence-corrected chi connectivity index (χ3v) is 7.85. The van der Waals surface area contributed by atoms with Gasteiger partial charge in [0.05, 0.1) is 17.5 Å². The van der Waals surface area contributed by atoms with Crippen molar-refractivity contribution in [3.8, 4) is 0 Å². The molecular formula is C26H28FN3O3S. The van der Waals surface area contributed by atoms with E-state index in [0.29, 0.717) is 26.1 Å². The summed E-state index contributed by atoms with van der Waals surface area (Å²) in [6.07, 6.45) is 0.606. The van der Waals surface area contributed by atoms with Gasteiger partial charge in [0.25, 0.3) is 0 Å². The van der Waals surface area contributed by atoms with E-state index in [0.717, 1.165) is 23.3 Å². The van der Waals surface area contributed by atoms with Crippen molar-refractivity contribution >= 4 is 15.9 Å². The number of rotatable bonds is 7. The number of carbonyl (C=O) groups is 1. The van der Waals surface area contributed by atoms with Crippen LogP contribution in [-0.4, -0.2) is 56.3 Å². The number of hydrogen-bond acceptors (Lipinski definition) is 4. The highest BCUT2D eigenvalue weighted by atomic mass is 32.2. The van der Waals surface area contributed by atoms with Gasteiger partial charge in [-0.2, -0.15) is 4.31 Å². The molecule has 0 saturated carbocycles. The molecule has 0 aromatic heterocycles. The van der Waals surface area contributed by atoms with Gasteiger partial charge in [0.1, 0.15) is 5.82 Å². The summed E-state index contributed by atoms with van der Waals surface area (Å²) in [5.41, 5.74) is 1.99. The summed E-state index contributed by atoms with van der Waals surface area (Å²) in [6, 6.07) is 24.2. The van der Waals surface area contributed by atoms with Crippen molar-refractivity contribution in [2.75, 3.05) is 32.7 Å². The lowest BCUT2D eigenvalue weighted by Crippen LogP contribution is -2.41. The highest BCUT2D eigenvalue weighted by Gasteiger charge is 2.28. The Morgan fingerprint density at radius 1 is 0.824 bits per heavy atom. The van der Waals surface area contributed by atoms with E-state index in [1.165, 1.54) is 16.4 Å². The van der Waals surface area contributed by atoms with Crippen LogP contribution in [0.15, 0.2) is 89.8 Å². The summed E-state index contributed by atoms with van der Waals surface area (Å²) in [6.45, 7) is 1.86. The monoisotopic (exact) mass is 481 g/mol. The molecular weight excluding hydrogens is 453 g/mol. The molecule has 1 heterocycles. The zero-order valence-electron chi connectivity index (χ0n) is 18.8. The fraction of sp³-hybridized carbons (Fsp3) is 0.269. The van der Waals surface area contributed by atoms with Gasteiger partial charge in [-0.25, -0.2) is 12.8 Å². The van der Waals surface area contributed by atoms with Crippen molar-refractivity contribution in [3.63, 3.8) is 0 Å². The Morgan fingerprint density at radius 2 is 1.41 bits per heavy atom. The smallest absolute Gasteiger partial charge is 0.243 e. The second-order valence-corrected chi connectivity index (χ2v) is 10.2. The molecule has 0 aliphatic carbocycles. The summed E-state index contributed by atoms with van der Waals surface area (Å²) in [5, 5.41) is 3.14. The van der Waals surface area contributed by atoms with E-state index in [-0.39, 0.29) is 29.9 Å². The molecule has 6 nitrogen and oxygen atoms in total. The molecule has 34 heavy (non-hydrogen) atoms. The van der Waals surface area contributed by atoms with Gasteiger partial charge in [-0.15, -0.1) is 0 Å². The van der Waals surface area contributed by atoms with Gasteiger partial charge in [0.2, 0.25) is 15.9 Å². The maximum absolute atomic E-state index is 13.2. The molecule has 1 fully saturated rings. The zero-order valence-corrected chi connectivity index (χ0v) is 19.6. The van der Waals surface area contributed by atoms with E-state index in [2.05, 4.69) is 5.32 Å². The first kappa shape index (κ1) is 24.1. The van der Waals surface area contributed by atoms with Crippen molar-refractivity contribution in [1.82, 2.24) is 14.5 Å². The highest BCUT2D eigenvalue weighted by Crippen LogP contribution is 2.22. The Kier molecular flexibility index (Phi) is 7.72. The molecule has 3 aromatic rings. The van der Waals surface area contributed by atoms with Gasteiger partial charge in [0.15, 0.2) is 0 Å².